The second kappa shape index (κ2) is 4.07. The standard InChI is InChI=1S/C11H15NO3S/c1-9(13)10-5-2-3-6-11(10)12-7-4-8-16(12,14)15/h2-3,5-6,9,13H,4,7-8H2,1H3. The molecule has 1 atom stereocenters. The van der Waals surface area contributed by atoms with Gasteiger partial charge in [-0.1, -0.05) is 18.2 Å². The van der Waals surface area contributed by atoms with E-state index in [1.165, 1.54) is 4.31 Å². The van der Waals surface area contributed by atoms with Crippen LogP contribution in [0.4, 0.5) is 5.69 Å². The maximum absolute atomic E-state index is 11.8. The molecule has 1 fully saturated rings. The molecule has 0 aliphatic carbocycles. The first-order chi connectivity index (χ1) is 7.52. The number of sulfonamides is 1. The second-order valence-electron chi connectivity index (χ2n) is 3.98. The van der Waals surface area contributed by atoms with Gasteiger partial charge in [-0.3, -0.25) is 4.31 Å². The van der Waals surface area contributed by atoms with Gasteiger partial charge in [-0.05, 0) is 19.4 Å². The lowest BCUT2D eigenvalue weighted by atomic mass is 10.1. The Balaban J connectivity index is 2.48. The van der Waals surface area contributed by atoms with Crippen LogP contribution in [0.1, 0.15) is 25.0 Å². The molecule has 1 aromatic rings. The van der Waals surface area contributed by atoms with Gasteiger partial charge in [0, 0.05) is 12.1 Å². The highest BCUT2D eigenvalue weighted by atomic mass is 32.2. The molecular formula is C11H15NO3S. The van der Waals surface area contributed by atoms with Crippen molar-refractivity contribution in [1.82, 2.24) is 0 Å². The van der Waals surface area contributed by atoms with Crippen LogP contribution in [0.5, 0.6) is 0 Å². The van der Waals surface area contributed by atoms with Gasteiger partial charge in [-0.15, -0.1) is 0 Å². The molecule has 0 saturated carbocycles. The van der Waals surface area contributed by atoms with Crippen molar-refractivity contribution < 1.29 is 13.5 Å². The molecule has 0 bridgehead atoms. The van der Waals surface area contributed by atoms with Crippen LogP contribution in [0.2, 0.25) is 0 Å². The third kappa shape index (κ3) is 1.92. The van der Waals surface area contributed by atoms with Gasteiger partial charge >= 0.3 is 0 Å². The zero-order valence-corrected chi connectivity index (χ0v) is 9.94. The lowest BCUT2D eigenvalue weighted by molar-refractivity contribution is 0.200. The molecule has 1 saturated heterocycles. The van der Waals surface area contributed by atoms with Crippen LogP contribution >= 0.6 is 0 Å². The summed E-state index contributed by atoms with van der Waals surface area (Å²) in [5.41, 5.74) is 1.27. The first kappa shape index (κ1) is 11.4. The fourth-order valence-electron chi connectivity index (χ4n) is 1.98. The van der Waals surface area contributed by atoms with Gasteiger partial charge < -0.3 is 5.11 Å². The molecule has 0 radical (unpaired) electrons. The number of rotatable bonds is 2. The lowest BCUT2D eigenvalue weighted by Gasteiger charge is -2.21. The minimum atomic E-state index is -3.17. The van der Waals surface area contributed by atoms with Crippen molar-refractivity contribution >= 4 is 15.7 Å². The third-order valence-corrected chi connectivity index (χ3v) is 4.61. The monoisotopic (exact) mass is 241 g/mol. The van der Waals surface area contributed by atoms with Crippen LogP contribution in [-0.4, -0.2) is 25.8 Å². The van der Waals surface area contributed by atoms with Gasteiger partial charge in [-0.25, -0.2) is 8.42 Å². The fourth-order valence-corrected chi connectivity index (χ4v) is 3.57. The van der Waals surface area contributed by atoms with E-state index in [1.54, 1.807) is 31.2 Å². The Hall–Kier alpha value is -1.07. The van der Waals surface area contributed by atoms with E-state index in [0.717, 1.165) is 0 Å². The van der Waals surface area contributed by atoms with Crippen LogP contribution < -0.4 is 4.31 Å². The molecule has 4 nitrogen and oxygen atoms in total. The molecule has 0 amide bonds. The molecule has 1 aromatic carbocycles. The average Bonchev–Trinajstić information content (AvgIpc) is 2.58. The Morgan fingerprint density at radius 3 is 2.62 bits per heavy atom. The maximum Gasteiger partial charge on any atom is 0.235 e. The summed E-state index contributed by atoms with van der Waals surface area (Å²) in [5.74, 6) is 0.196. The number of hydrogen-bond acceptors (Lipinski definition) is 3. The van der Waals surface area contributed by atoms with Crippen molar-refractivity contribution in [2.24, 2.45) is 0 Å². The van der Waals surface area contributed by atoms with Crippen LogP contribution in [0.3, 0.4) is 0 Å². The van der Waals surface area contributed by atoms with Crippen molar-refractivity contribution in [2.45, 2.75) is 19.4 Å². The van der Waals surface area contributed by atoms with Crippen LogP contribution in [0, 0.1) is 0 Å². The topological polar surface area (TPSA) is 57.6 Å². The minimum absolute atomic E-state index is 0.196. The van der Waals surface area contributed by atoms with E-state index in [2.05, 4.69) is 0 Å². The predicted octanol–water partition coefficient (Wildman–Crippen LogP) is 1.28. The molecule has 0 aromatic heterocycles. The third-order valence-electron chi connectivity index (χ3n) is 2.75. The zero-order chi connectivity index (χ0) is 11.8. The molecule has 1 aliphatic heterocycles. The molecule has 0 spiro atoms. The van der Waals surface area contributed by atoms with Gasteiger partial charge in [0.2, 0.25) is 10.0 Å². The van der Waals surface area contributed by atoms with Crippen LogP contribution in [0.25, 0.3) is 0 Å². The molecule has 1 N–H and O–H groups in total. The number of para-hydroxylation sites is 1. The van der Waals surface area contributed by atoms with Gasteiger partial charge in [-0.2, -0.15) is 0 Å². The molecule has 88 valence electrons. The van der Waals surface area contributed by atoms with Crippen LogP contribution in [0.15, 0.2) is 24.3 Å². The SMILES string of the molecule is CC(O)c1ccccc1N1CCCS1(=O)=O. The van der Waals surface area contributed by atoms with E-state index < -0.39 is 16.1 Å². The summed E-state index contributed by atoms with van der Waals surface area (Å²) in [7, 11) is -3.17. The maximum atomic E-state index is 11.8. The Kier molecular flexibility index (Phi) is 2.90. The smallest absolute Gasteiger partial charge is 0.235 e. The van der Waals surface area contributed by atoms with Crippen LogP contribution in [-0.2, 0) is 10.0 Å². The first-order valence-electron chi connectivity index (χ1n) is 5.30. The number of benzene rings is 1. The molecule has 2 rings (SSSR count). The van der Waals surface area contributed by atoms with E-state index in [0.29, 0.717) is 24.2 Å². The highest BCUT2D eigenvalue weighted by Crippen LogP contribution is 2.30. The molecule has 1 unspecified atom stereocenters. The second-order valence-corrected chi connectivity index (χ2v) is 5.99. The van der Waals surface area contributed by atoms with E-state index >= 15 is 0 Å². The Labute approximate surface area is 95.6 Å². The number of anilines is 1. The largest absolute Gasteiger partial charge is 0.389 e. The van der Waals surface area contributed by atoms with Gasteiger partial charge in [0.15, 0.2) is 0 Å². The number of aliphatic hydroxyl groups is 1. The summed E-state index contributed by atoms with van der Waals surface area (Å²) >= 11 is 0. The van der Waals surface area contributed by atoms with Gasteiger partial charge in [0.05, 0.1) is 17.5 Å². The fraction of sp³-hybridized carbons (Fsp3) is 0.455. The molecule has 16 heavy (non-hydrogen) atoms. The van der Waals surface area contributed by atoms with E-state index in [1.807, 2.05) is 0 Å². The van der Waals surface area contributed by atoms with Crippen molar-refractivity contribution in [2.75, 3.05) is 16.6 Å². The molecule has 1 aliphatic rings. The Bertz CT molecular complexity index is 482. The normalized spacial score (nSPS) is 21.0. The summed E-state index contributed by atoms with van der Waals surface area (Å²) in [5, 5.41) is 9.61. The number of nitrogens with zero attached hydrogens (tertiary/aromatic N) is 1. The van der Waals surface area contributed by atoms with Crippen molar-refractivity contribution in [1.29, 1.82) is 0 Å². The van der Waals surface area contributed by atoms with E-state index in [4.69, 9.17) is 0 Å². The number of hydrogen-bond donors (Lipinski definition) is 1. The summed E-state index contributed by atoms with van der Waals surface area (Å²) in [6.45, 7) is 2.15. The van der Waals surface area contributed by atoms with E-state index in [9.17, 15) is 13.5 Å². The average molecular weight is 241 g/mol. The predicted molar refractivity (Wildman–Crippen MR) is 62.8 cm³/mol. The summed E-state index contributed by atoms with van der Waals surface area (Å²) < 4.78 is 25.0. The minimum Gasteiger partial charge on any atom is -0.389 e. The summed E-state index contributed by atoms with van der Waals surface area (Å²) in [4.78, 5) is 0. The van der Waals surface area contributed by atoms with Crippen molar-refractivity contribution in [3.05, 3.63) is 29.8 Å². The number of aliphatic hydroxyl groups excluding tert-OH is 1. The van der Waals surface area contributed by atoms with Gasteiger partial charge in [0.25, 0.3) is 0 Å². The summed E-state index contributed by atoms with van der Waals surface area (Å²) in [6.07, 6.45) is -0.0109. The van der Waals surface area contributed by atoms with Crippen molar-refractivity contribution in [3.8, 4) is 0 Å². The van der Waals surface area contributed by atoms with E-state index in [-0.39, 0.29) is 5.75 Å². The quantitative estimate of drug-likeness (QED) is 0.848. The lowest BCUT2D eigenvalue weighted by Crippen LogP contribution is -2.26. The summed E-state index contributed by atoms with van der Waals surface area (Å²) in [6, 6.07) is 7.09. The Morgan fingerprint density at radius 1 is 1.38 bits per heavy atom. The Morgan fingerprint density at radius 2 is 2.06 bits per heavy atom. The zero-order valence-electron chi connectivity index (χ0n) is 9.13. The highest BCUT2D eigenvalue weighted by Gasteiger charge is 2.30. The van der Waals surface area contributed by atoms with Gasteiger partial charge in [0.1, 0.15) is 0 Å². The van der Waals surface area contributed by atoms with Crippen molar-refractivity contribution in [3.63, 3.8) is 0 Å². The first-order valence-corrected chi connectivity index (χ1v) is 6.91. The molecule has 1 heterocycles. The molecular weight excluding hydrogens is 226 g/mol. The highest BCUT2D eigenvalue weighted by molar-refractivity contribution is 7.93. The molecule has 5 heteroatoms.